The fourth-order valence-corrected chi connectivity index (χ4v) is 2.74. The standard InChI is InChI=1S/C13H14BrClFNO2/c14-10-3-1-2-9(11(10)16)12(18)17-13(8-15)4-6-19-7-5-13/h1-3H,4-8H2,(H,17,18). The molecule has 0 saturated carbocycles. The van der Waals surface area contributed by atoms with E-state index in [0.717, 1.165) is 0 Å². The molecule has 1 aromatic rings. The Kier molecular flexibility index (Phi) is 4.81. The highest BCUT2D eigenvalue weighted by molar-refractivity contribution is 9.10. The van der Waals surface area contributed by atoms with Crippen LogP contribution in [0.15, 0.2) is 22.7 Å². The second-order valence-electron chi connectivity index (χ2n) is 4.58. The molecule has 0 radical (unpaired) electrons. The van der Waals surface area contributed by atoms with Crippen LogP contribution in [0.2, 0.25) is 0 Å². The van der Waals surface area contributed by atoms with Crippen molar-refractivity contribution in [3.63, 3.8) is 0 Å². The molecule has 2 rings (SSSR count). The largest absolute Gasteiger partial charge is 0.381 e. The molecule has 0 atom stereocenters. The van der Waals surface area contributed by atoms with E-state index in [2.05, 4.69) is 21.2 Å². The third-order valence-corrected chi connectivity index (χ3v) is 4.40. The van der Waals surface area contributed by atoms with Gasteiger partial charge in [-0.1, -0.05) is 6.07 Å². The van der Waals surface area contributed by atoms with E-state index in [0.29, 0.717) is 26.1 Å². The molecule has 1 fully saturated rings. The SMILES string of the molecule is O=C(NC1(CCl)CCOCC1)c1cccc(Br)c1F. The molecule has 1 N–H and O–H groups in total. The van der Waals surface area contributed by atoms with Gasteiger partial charge in [0.15, 0.2) is 0 Å². The van der Waals surface area contributed by atoms with E-state index in [9.17, 15) is 9.18 Å². The van der Waals surface area contributed by atoms with Crippen molar-refractivity contribution in [2.75, 3.05) is 19.1 Å². The first-order valence-corrected chi connectivity index (χ1v) is 7.31. The van der Waals surface area contributed by atoms with Gasteiger partial charge in [-0.3, -0.25) is 4.79 Å². The van der Waals surface area contributed by atoms with Gasteiger partial charge < -0.3 is 10.1 Å². The van der Waals surface area contributed by atoms with E-state index in [1.165, 1.54) is 6.07 Å². The number of rotatable bonds is 3. The van der Waals surface area contributed by atoms with E-state index in [1.807, 2.05) is 0 Å². The van der Waals surface area contributed by atoms with E-state index in [1.54, 1.807) is 12.1 Å². The molecule has 19 heavy (non-hydrogen) atoms. The molecule has 6 heteroatoms. The van der Waals surface area contributed by atoms with Gasteiger partial charge >= 0.3 is 0 Å². The first kappa shape index (κ1) is 14.8. The minimum atomic E-state index is -0.559. The Morgan fingerprint density at radius 3 is 2.79 bits per heavy atom. The van der Waals surface area contributed by atoms with Crippen LogP contribution in [-0.4, -0.2) is 30.5 Å². The number of alkyl halides is 1. The Bertz CT molecular complexity index is 478. The number of halogens is 3. The minimum Gasteiger partial charge on any atom is -0.381 e. The van der Waals surface area contributed by atoms with Gasteiger partial charge in [0, 0.05) is 19.1 Å². The second kappa shape index (κ2) is 6.20. The van der Waals surface area contributed by atoms with Crippen LogP contribution in [0.4, 0.5) is 4.39 Å². The molecule has 1 aromatic carbocycles. The summed E-state index contributed by atoms with van der Waals surface area (Å²) in [6.07, 6.45) is 1.27. The Hall–Kier alpha value is -0.650. The fraction of sp³-hybridized carbons (Fsp3) is 0.462. The van der Waals surface area contributed by atoms with Crippen LogP contribution in [0.5, 0.6) is 0 Å². The van der Waals surface area contributed by atoms with Gasteiger partial charge in [-0.2, -0.15) is 0 Å². The monoisotopic (exact) mass is 349 g/mol. The molecule has 0 spiro atoms. The van der Waals surface area contributed by atoms with Crippen molar-refractivity contribution >= 4 is 33.4 Å². The highest BCUT2D eigenvalue weighted by Crippen LogP contribution is 2.24. The van der Waals surface area contributed by atoms with Crippen molar-refractivity contribution in [2.24, 2.45) is 0 Å². The van der Waals surface area contributed by atoms with Crippen molar-refractivity contribution in [3.8, 4) is 0 Å². The van der Waals surface area contributed by atoms with E-state index < -0.39 is 17.3 Å². The summed E-state index contributed by atoms with van der Waals surface area (Å²) in [6.45, 7) is 1.10. The minimum absolute atomic E-state index is 0.0189. The van der Waals surface area contributed by atoms with E-state index >= 15 is 0 Å². The zero-order chi connectivity index (χ0) is 13.9. The maximum Gasteiger partial charge on any atom is 0.254 e. The molecule has 1 saturated heterocycles. The molecule has 1 aliphatic rings. The lowest BCUT2D eigenvalue weighted by molar-refractivity contribution is 0.0432. The molecule has 1 amide bonds. The average Bonchev–Trinajstić information content (AvgIpc) is 2.42. The summed E-state index contributed by atoms with van der Waals surface area (Å²) in [5, 5.41) is 2.85. The Morgan fingerprint density at radius 1 is 1.47 bits per heavy atom. The van der Waals surface area contributed by atoms with Crippen LogP contribution < -0.4 is 5.32 Å². The lowest BCUT2D eigenvalue weighted by Crippen LogP contribution is -2.53. The van der Waals surface area contributed by atoms with Crippen LogP contribution in [0.25, 0.3) is 0 Å². The molecule has 0 unspecified atom stereocenters. The number of amides is 1. The number of nitrogens with one attached hydrogen (secondary N) is 1. The van der Waals surface area contributed by atoms with Gasteiger partial charge in [0.2, 0.25) is 0 Å². The third-order valence-electron chi connectivity index (χ3n) is 3.28. The molecular formula is C13H14BrClFNO2. The van der Waals surface area contributed by atoms with Crippen LogP contribution in [0.3, 0.4) is 0 Å². The third kappa shape index (κ3) is 3.27. The second-order valence-corrected chi connectivity index (χ2v) is 5.70. The number of ether oxygens (including phenoxy) is 1. The smallest absolute Gasteiger partial charge is 0.254 e. The molecule has 1 aliphatic heterocycles. The lowest BCUT2D eigenvalue weighted by Gasteiger charge is -2.36. The van der Waals surface area contributed by atoms with Crippen molar-refractivity contribution in [1.82, 2.24) is 5.32 Å². The lowest BCUT2D eigenvalue weighted by atomic mass is 9.92. The van der Waals surface area contributed by atoms with Crippen LogP contribution in [0.1, 0.15) is 23.2 Å². The molecule has 0 bridgehead atoms. The zero-order valence-electron chi connectivity index (χ0n) is 10.2. The predicted molar refractivity (Wildman–Crippen MR) is 75.1 cm³/mol. The van der Waals surface area contributed by atoms with Gasteiger partial charge in [-0.05, 0) is 40.9 Å². The summed E-state index contributed by atoms with van der Waals surface area (Å²) in [5.74, 6) is -0.712. The summed E-state index contributed by atoms with van der Waals surface area (Å²) in [7, 11) is 0. The summed E-state index contributed by atoms with van der Waals surface area (Å²) >= 11 is 9.04. The number of hydrogen-bond acceptors (Lipinski definition) is 2. The Balaban J connectivity index is 2.17. The maximum atomic E-state index is 13.9. The van der Waals surface area contributed by atoms with Gasteiger partial charge in [-0.25, -0.2) is 4.39 Å². The summed E-state index contributed by atoms with van der Waals surface area (Å²) in [6, 6.07) is 4.63. The summed E-state index contributed by atoms with van der Waals surface area (Å²) in [4.78, 5) is 12.2. The first-order chi connectivity index (χ1) is 9.08. The zero-order valence-corrected chi connectivity index (χ0v) is 12.6. The quantitative estimate of drug-likeness (QED) is 0.851. The van der Waals surface area contributed by atoms with Crippen LogP contribution >= 0.6 is 27.5 Å². The Morgan fingerprint density at radius 2 is 2.16 bits per heavy atom. The highest BCUT2D eigenvalue weighted by Gasteiger charge is 2.34. The Labute approximate surface area is 124 Å². The molecule has 0 aromatic heterocycles. The van der Waals surface area contributed by atoms with Crippen LogP contribution in [0, 0.1) is 5.82 Å². The molecule has 0 aliphatic carbocycles. The summed E-state index contributed by atoms with van der Waals surface area (Å²) < 4.78 is 19.4. The summed E-state index contributed by atoms with van der Waals surface area (Å²) in [5.41, 5.74) is -0.489. The number of benzene rings is 1. The van der Waals surface area contributed by atoms with Gasteiger partial charge in [0.05, 0.1) is 15.6 Å². The molecule has 3 nitrogen and oxygen atoms in total. The number of hydrogen-bond donors (Lipinski definition) is 1. The normalized spacial score (nSPS) is 18.1. The molecule has 104 valence electrons. The van der Waals surface area contributed by atoms with E-state index in [-0.39, 0.29) is 15.9 Å². The maximum absolute atomic E-state index is 13.9. The number of carbonyl (C=O) groups is 1. The highest BCUT2D eigenvalue weighted by atomic mass is 79.9. The van der Waals surface area contributed by atoms with Gasteiger partial charge in [0.25, 0.3) is 5.91 Å². The van der Waals surface area contributed by atoms with Gasteiger partial charge in [-0.15, -0.1) is 11.6 Å². The average molecular weight is 351 g/mol. The van der Waals surface area contributed by atoms with Gasteiger partial charge in [0.1, 0.15) is 5.82 Å². The van der Waals surface area contributed by atoms with E-state index in [4.69, 9.17) is 16.3 Å². The number of carbonyl (C=O) groups excluding carboxylic acids is 1. The van der Waals surface area contributed by atoms with Crippen molar-refractivity contribution in [1.29, 1.82) is 0 Å². The van der Waals surface area contributed by atoms with Crippen LogP contribution in [-0.2, 0) is 4.74 Å². The molecule has 1 heterocycles. The first-order valence-electron chi connectivity index (χ1n) is 5.98. The topological polar surface area (TPSA) is 38.3 Å². The van der Waals surface area contributed by atoms with Crippen molar-refractivity contribution in [2.45, 2.75) is 18.4 Å². The van der Waals surface area contributed by atoms with Crippen molar-refractivity contribution < 1.29 is 13.9 Å². The molecular weight excluding hydrogens is 337 g/mol. The fourth-order valence-electron chi connectivity index (χ4n) is 2.04. The van der Waals surface area contributed by atoms with Crippen molar-refractivity contribution in [3.05, 3.63) is 34.1 Å². The predicted octanol–water partition coefficient (Wildman–Crippen LogP) is 3.11.